The average Bonchev–Trinajstić information content (AvgIpc) is 2.30. The number of hydrogen-bond acceptors (Lipinski definition) is 2. The Morgan fingerprint density at radius 1 is 0.938 bits per heavy atom. The minimum atomic E-state index is 0.323. The van der Waals surface area contributed by atoms with E-state index in [1.165, 1.54) is 44.9 Å². The molecule has 1 atom stereocenters. The lowest BCUT2D eigenvalue weighted by molar-refractivity contribution is 0.276. The Bertz CT molecular complexity index is 128. The predicted octanol–water partition coefficient (Wildman–Crippen LogP) is 3.49. The molecule has 0 saturated heterocycles. The van der Waals surface area contributed by atoms with Crippen molar-refractivity contribution < 1.29 is 5.11 Å². The summed E-state index contributed by atoms with van der Waals surface area (Å²) < 4.78 is 0. The zero-order valence-electron chi connectivity index (χ0n) is 11.3. The number of unbranched alkanes of at least 4 members (excludes halogenated alkanes) is 6. The van der Waals surface area contributed by atoms with Crippen LogP contribution in [0.1, 0.15) is 71.6 Å². The molecule has 0 aliphatic heterocycles. The van der Waals surface area contributed by atoms with Crippen molar-refractivity contribution in [2.24, 2.45) is 0 Å². The van der Waals surface area contributed by atoms with Gasteiger partial charge in [-0.3, -0.25) is 0 Å². The Morgan fingerprint density at radius 2 is 1.56 bits per heavy atom. The monoisotopic (exact) mass is 229 g/mol. The first-order valence-electron chi connectivity index (χ1n) is 7.15. The lowest BCUT2D eigenvalue weighted by atomic mass is 10.1. The first kappa shape index (κ1) is 15.9. The SMILES string of the molecule is CCCCCCCCCNC(C)CCCO. The van der Waals surface area contributed by atoms with Crippen molar-refractivity contribution in [2.45, 2.75) is 77.7 Å². The van der Waals surface area contributed by atoms with Crippen molar-refractivity contribution in [3.8, 4) is 0 Å². The van der Waals surface area contributed by atoms with Gasteiger partial charge < -0.3 is 10.4 Å². The standard InChI is InChI=1S/C14H31NO/c1-3-4-5-6-7-8-9-12-15-14(2)11-10-13-16/h14-16H,3-13H2,1-2H3. The van der Waals surface area contributed by atoms with E-state index in [-0.39, 0.29) is 0 Å². The van der Waals surface area contributed by atoms with Gasteiger partial charge in [0.1, 0.15) is 0 Å². The van der Waals surface area contributed by atoms with E-state index in [2.05, 4.69) is 19.2 Å². The molecule has 1 unspecified atom stereocenters. The molecular weight excluding hydrogens is 198 g/mol. The van der Waals surface area contributed by atoms with Gasteiger partial charge in [0.05, 0.1) is 0 Å². The third kappa shape index (κ3) is 12.0. The van der Waals surface area contributed by atoms with Crippen LogP contribution < -0.4 is 5.32 Å². The highest BCUT2D eigenvalue weighted by molar-refractivity contribution is 4.60. The van der Waals surface area contributed by atoms with E-state index in [0.29, 0.717) is 12.6 Å². The molecule has 2 heteroatoms. The molecule has 2 nitrogen and oxygen atoms in total. The summed E-state index contributed by atoms with van der Waals surface area (Å²) in [7, 11) is 0. The molecule has 0 aromatic heterocycles. The van der Waals surface area contributed by atoms with Crippen molar-refractivity contribution in [2.75, 3.05) is 13.2 Å². The van der Waals surface area contributed by atoms with Gasteiger partial charge >= 0.3 is 0 Å². The average molecular weight is 229 g/mol. The molecule has 2 N–H and O–H groups in total. The molecule has 0 aliphatic carbocycles. The van der Waals surface area contributed by atoms with Gasteiger partial charge in [0.15, 0.2) is 0 Å². The molecule has 0 aliphatic rings. The molecule has 0 rings (SSSR count). The third-order valence-corrected chi connectivity index (χ3v) is 3.07. The maximum Gasteiger partial charge on any atom is 0.0431 e. The van der Waals surface area contributed by atoms with Crippen LogP contribution in [0.5, 0.6) is 0 Å². The van der Waals surface area contributed by atoms with Crippen LogP contribution in [0.4, 0.5) is 0 Å². The molecule has 0 bridgehead atoms. The second-order valence-electron chi connectivity index (χ2n) is 4.84. The Kier molecular flexibility index (Phi) is 12.9. The third-order valence-electron chi connectivity index (χ3n) is 3.07. The van der Waals surface area contributed by atoms with Crippen LogP contribution in [0.15, 0.2) is 0 Å². The zero-order valence-corrected chi connectivity index (χ0v) is 11.3. The normalized spacial score (nSPS) is 12.9. The summed E-state index contributed by atoms with van der Waals surface area (Å²) >= 11 is 0. The first-order valence-corrected chi connectivity index (χ1v) is 7.15. The molecule has 0 saturated carbocycles. The molecule has 0 aromatic rings. The minimum absolute atomic E-state index is 0.323. The van der Waals surface area contributed by atoms with E-state index in [4.69, 9.17) is 5.11 Å². The molecular formula is C14H31NO. The first-order chi connectivity index (χ1) is 7.81. The van der Waals surface area contributed by atoms with Gasteiger partial charge in [-0.2, -0.15) is 0 Å². The molecule has 98 valence electrons. The summed E-state index contributed by atoms with van der Waals surface area (Å²) in [6.07, 6.45) is 11.6. The van der Waals surface area contributed by atoms with Gasteiger partial charge in [-0.05, 0) is 32.7 Å². The minimum Gasteiger partial charge on any atom is -0.396 e. The van der Waals surface area contributed by atoms with Crippen LogP contribution in [0.25, 0.3) is 0 Å². The molecule has 0 fully saturated rings. The summed E-state index contributed by atoms with van der Waals surface area (Å²) in [5.41, 5.74) is 0. The fourth-order valence-corrected chi connectivity index (χ4v) is 1.93. The van der Waals surface area contributed by atoms with E-state index in [1.807, 2.05) is 0 Å². The highest BCUT2D eigenvalue weighted by Gasteiger charge is 1.99. The van der Waals surface area contributed by atoms with Gasteiger partial charge in [-0.15, -0.1) is 0 Å². The van der Waals surface area contributed by atoms with Crippen LogP contribution in [0.3, 0.4) is 0 Å². The van der Waals surface area contributed by atoms with Crippen LogP contribution in [-0.2, 0) is 0 Å². The molecule has 0 spiro atoms. The number of nitrogens with one attached hydrogen (secondary N) is 1. The molecule has 0 radical (unpaired) electrons. The zero-order chi connectivity index (χ0) is 12.1. The predicted molar refractivity (Wildman–Crippen MR) is 71.8 cm³/mol. The highest BCUT2D eigenvalue weighted by Crippen LogP contribution is 2.06. The number of aliphatic hydroxyl groups excluding tert-OH is 1. The molecule has 16 heavy (non-hydrogen) atoms. The van der Waals surface area contributed by atoms with Gasteiger partial charge in [-0.1, -0.05) is 45.4 Å². The van der Waals surface area contributed by atoms with E-state index < -0.39 is 0 Å². The van der Waals surface area contributed by atoms with Crippen LogP contribution in [-0.4, -0.2) is 24.3 Å². The van der Waals surface area contributed by atoms with E-state index in [0.717, 1.165) is 19.4 Å². The van der Waals surface area contributed by atoms with Crippen molar-refractivity contribution in [1.29, 1.82) is 0 Å². The maximum absolute atomic E-state index is 8.70. The van der Waals surface area contributed by atoms with E-state index in [1.54, 1.807) is 0 Å². The molecule has 0 heterocycles. The Morgan fingerprint density at radius 3 is 2.19 bits per heavy atom. The largest absolute Gasteiger partial charge is 0.396 e. The molecule has 0 aromatic carbocycles. The lowest BCUT2D eigenvalue weighted by Crippen LogP contribution is -2.27. The second-order valence-corrected chi connectivity index (χ2v) is 4.84. The second kappa shape index (κ2) is 13.0. The van der Waals surface area contributed by atoms with Gasteiger partial charge in [0.2, 0.25) is 0 Å². The number of rotatable bonds is 12. The van der Waals surface area contributed by atoms with Crippen molar-refractivity contribution in [3.05, 3.63) is 0 Å². The highest BCUT2D eigenvalue weighted by atomic mass is 16.2. The smallest absolute Gasteiger partial charge is 0.0431 e. The summed E-state index contributed by atoms with van der Waals surface area (Å²) in [6.45, 7) is 5.93. The van der Waals surface area contributed by atoms with Crippen molar-refractivity contribution in [3.63, 3.8) is 0 Å². The summed E-state index contributed by atoms with van der Waals surface area (Å²) in [6, 6.07) is 0.562. The van der Waals surface area contributed by atoms with Gasteiger partial charge in [-0.25, -0.2) is 0 Å². The summed E-state index contributed by atoms with van der Waals surface area (Å²) in [5, 5.41) is 12.2. The van der Waals surface area contributed by atoms with E-state index in [9.17, 15) is 0 Å². The van der Waals surface area contributed by atoms with Crippen LogP contribution in [0.2, 0.25) is 0 Å². The Hall–Kier alpha value is -0.0800. The van der Waals surface area contributed by atoms with Gasteiger partial charge in [0.25, 0.3) is 0 Å². The van der Waals surface area contributed by atoms with E-state index >= 15 is 0 Å². The quantitative estimate of drug-likeness (QED) is 0.502. The number of hydrogen-bond donors (Lipinski definition) is 2. The summed E-state index contributed by atoms with van der Waals surface area (Å²) in [4.78, 5) is 0. The summed E-state index contributed by atoms with van der Waals surface area (Å²) in [5.74, 6) is 0. The Balaban J connectivity index is 3.02. The fraction of sp³-hybridized carbons (Fsp3) is 1.00. The van der Waals surface area contributed by atoms with Crippen LogP contribution in [0, 0.1) is 0 Å². The maximum atomic E-state index is 8.70. The fourth-order valence-electron chi connectivity index (χ4n) is 1.93. The molecule has 0 amide bonds. The van der Waals surface area contributed by atoms with Gasteiger partial charge in [0, 0.05) is 12.6 Å². The van der Waals surface area contributed by atoms with Crippen molar-refractivity contribution >= 4 is 0 Å². The van der Waals surface area contributed by atoms with Crippen molar-refractivity contribution in [1.82, 2.24) is 5.32 Å². The number of aliphatic hydroxyl groups is 1. The van der Waals surface area contributed by atoms with Crippen LogP contribution >= 0.6 is 0 Å². The Labute approximate surface area is 102 Å². The topological polar surface area (TPSA) is 32.3 Å². The lowest BCUT2D eigenvalue weighted by Gasteiger charge is -2.12.